The van der Waals surface area contributed by atoms with Gasteiger partial charge in [-0.2, -0.15) is 0 Å². The van der Waals surface area contributed by atoms with Crippen LogP contribution in [0.5, 0.6) is 5.75 Å². The van der Waals surface area contributed by atoms with Gasteiger partial charge in [0.1, 0.15) is 5.75 Å². The summed E-state index contributed by atoms with van der Waals surface area (Å²) < 4.78 is 0. The van der Waals surface area contributed by atoms with Crippen molar-refractivity contribution in [3.8, 4) is 5.75 Å². The number of hydrogen-bond donors (Lipinski definition) is 1. The summed E-state index contributed by atoms with van der Waals surface area (Å²) in [6, 6.07) is 23.2. The van der Waals surface area contributed by atoms with Crippen LogP contribution in [0.15, 0.2) is 72.8 Å². The van der Waals surface area contributed by atoms with Gasteiger partial charge in [-0.1, -0.05) is 60.2 Å². The zero-order valence-corrected chi connectivity index (χ0v) is 14.7. The Morgan fingerprint density at radius 3 is 2.38 bits per heavy atom. The molecular weight excluding hydrogens is 322 g/mol. The number of amides is 1. The van der Waals surface area contributed by atoms with E-state index < -0.39 is 0 Å². The fourth-order valence-corrected chi connectivity index (χ4v) is 3.29. The molecule has 0 fully saturated rings. The van der Waals surface area contributed by atoms with Crippen molar-refractivity contribution in [1.82, 2.24) is 0 Å². The fraction of sp³-hybridized carbons (Fsp3) is 0.0870. The molecule has 26 heavy (non-hydrogen) atoms. The van der Waals surface area contributed by atoms with E-state index in [2.05, 4.69) is 25.1 Å². The summed E-state index contributed by atoms with van der Waals surface area (Å²) in [5, 5.41) is 14.4. The summed E-state index contributed by atoms with van der Waals surface area (Å²) in [6.07, 6.45) is 0. The molecule has 3 nitrogen and oxygen atoms in total. The van der Waals surface area contributed by atoms with E-state index in [1.165, 1.54) is 5.56 Å². The van der Waals surface area contributed by atoms with Gasteiger partial charge in [0.25, 0.3) is 5.91 Å². The molecule has 0 heterocycles. The van der Waals surface area contributed by atoms with Gasteiger partial charge in [-0.15, -0.1) is 0 Å². The minimum absolute atomic E-state index is 0.0244. The largest absolute Gasteiger partial charge is 0.506 e. The van der Waals surface area contributed by atoms with Gasteiger partial charge in [-0.25, -0.2) is 0 Å². The van der Waals surface area contributed by atoms with Crippen LogP contribution in [0.4, 0.5) is 5.69 Å². The lowest BCUT2D eigenvalue weighted by Crippen LogP contribution is -2.26. The SMILES string of the molecule is Cc1ccc2cc(N(C)C(=O)c3ccc4ccccc4c3O)ccc2c1. The topological polar surface area (TPSA) is 40.5 Å². The predicted octanol–water partition coefficient (Wildman–Crippen LogP) is 5.28. The van der Waals surface area contributed by atoms with Gasteiger partial charge in [0.2, 0.25) is 0 Å². The number of aryl methyl sites for hydroxylation is 1. The maximum absolute atomic E-state index is 13.0. The van der Waals surface area contributed by atoms with Crippen molar-refractivity contribution in [3.63, 3.8) is 0 Å². The first-order chi connectivity index (χ1) is 12.5. The second-order valence-corrected chi connectivity index (χ2v) is 6.58. The summed E-state index contributed by atoms with van der Waals surface area (Å²) in [7, 11) is 1.73. The van der Waals surface area contributed by atoms with E-state index in [9.17, 15) is 9.90 Å². The van der Waals surface area contributed by atoms with Gasteiger partial charge < -0.3 is 10.0 Å². The Kier molecular flexibility index (Phi) is 3.85. The molecule has 0 aliphatic carbocycles. The number of phenolic OH excluding ortho intramolecular Hbond substituents is 1. The molecule has 1 N–H and O–H groups in total. The Bertz CT molecular complexity index is 1150. The zero-order valence-electron chi connectivity index (χ0n) is 14.7. The first-order valence-corrected chi connectivity index (χ1v) is 8.54. The van der Waals surface area contributed by atoms with Crippen molar-refractivity contribution in [3.05, 3.63) is 83.9 Å². The van der Waals surface area contributed by atoms with Crippen molar-refractivity contribution in [2.45, 2.75) is 6.92 Å². The molecule has 0 saturated heterocycles. The maximum Gasteiger partial charge on any atom is 0.261 e. The van der Waals surface area contributed by atoms with Gasteiger partial charge in [0.05, 0.1) is 5.56 Å². The molecule has 0 atom stereocenters. The quantitative estimate of drug-likeness (QED) is 0.538. The van der Waals surface area contributed by atoms with E-state index in [4.69, 9.17) is 0 Å². The smallest absolute Gasteiger partial charge is 0.261 e. The maximum atomic E-state index is 13.0. The van der Waals surface area contributed by atoms with Crippen LogP contribution in [-0.2, 0) is 0 Å². The molecule has 128 valence electrons. The first-order valence-electron chi connectivity index (χ1n) is 8.54. The van der Waals surface area contributed by atoms with Gasteiger partial charge in [-0.3, -0.25) is 4.79 Å². The average Bonchev–Trinajstić information content (AvgIpc) is 2.67. The molecule has 0 radical (unpaired) electrons. The highest BCUT2D eigenvalue weighted by Gasteiger charge is 2.19. The minimum Gasteiger partial charge on any atom is -0.506 e. The lowest BCUT2D eigenvalue weighted by molar-refractivity contribution is 0.0990. The highest BCUT2D eigenvalue weighted by molar-refractivity contribution is 6.11. The standard InChI is InChI=1S/C23H19NO2/c1-15-7-8-18-14-19(11-9-17(18)13-15)24(2)23(26)21-12-10-16-5-3-4-6-20(16)22(21)25/h3-14,25H,1-2H3. The predicted molar refractivity (Wildman–Crippen MR) is 107 cm³/mol. The summed E-state index contributed by atoms with van der Waals surface area (Å²) in [5.74, 6) is -0.212. The third kappa shape index (κ3) is 2.68. The molecule has 0 spiro atoms. The second kappa shape index (κ2) is 6.19. The Morgan fingerprint density at radius 1 is 0.846 bits per heavy atom. The zero-order chi connectivity index (χ0) is 18.3. The van der Waals surface area contributed by atoms with Crippen LogP contribution >= 0.6 is 0 Å². The molecule has 3 heteroatoms. The number of hydrogen-bond acceptors (Lipinski definition) is 2. The molecule has 4 aromatic rings. The van der Waals surface area contributed by atoms with Crippen molar-refractivity contribution < 1.29 is 9.90 Å². The third-order valence-corrected chi connectivity index (χ3v) is 4.80. The molecule has 0 aliphatic heterocycles. The number of phenols is 1. The molecule has 4 rings (SSSR count). The molecule has 0 bridgehead atoms. The summed E-state index contributed by atoms with van der Waals surface area (Å²) in [4.78, 5) is 14.5. The Balaban J connectivity index is 1.74. The highest BCUT2D eigenvalue weighted by atomic mass is 16.3. The Labute approximate surface area is 152 Å². The number of benzene rings is 4. The highest BCUT2D eigenvalue weighted by Crippen LogP contribution is 2.31. The van der Waals surface area contributed by atoms with Gasteiger partial charge in [0, 0.05) is 18.1 Å². The second-order valence-electron chi connectivity index (χ2n) is 6.58. The number of carbonyl (C=O) groups is 1. The van der Waals surface area contributed by atoms with Crippen molar-refractivity contribution in [1.29, 1.82) is 0 Å². The van der Waals surface area contributed by atoms with E-state index in [-0.39, 0.29) is 11.7 Å². The average molecular weight is 341 g/mol. The monoisotopic (exact) mass is 341 g/mol. The molecule has 0 aromatic heterocycles. The summed E-state index contributed by atoms with van der Waals surface area (Å²) in [6.45, 7) is 2.06. The first kappa shape index (κ1) is 16.2. The van der Waals surface area contributed by atoms with Crippen LogP contribution in [-0.4, -0.2) is 18.1 Å². The molecular formula is C23H19NO2. The molecule has 4 aromatic carbocycles. The van der Waals surface area contributed by atoms with Crippen molar-refractivity contribution in [2.24, 2.45) is 0 Å². The third-order valence-electron chi connectivity index (χ3n) is 4.80. The summed E-state index contributed by atoms with van der Waals surface area (Å²) in [5.41, 5.74) is 2.30. The van der Waals surface area contributed by atoms with Gasteiger partial charge >= 0.3 is 0 Å². The van der Waals surface area contributed by atoms with Crippen LogP contribution in [0.2, 0.25) is 0 Å². The van der Waals surface area contributed by atoms with Crippen LogP contribution < -0.4 is 4.90 Å². The number of fused-ring (bicyclic) bond motifs is 2. The van der Waals surface area contributed by atoms with E-state index in [0.29, 0.717) is 10.9 Å². The Morgan fingerprint density at radius 2 is 1.54 bits per heavy atom. The molecule has 1 amide bonds. The van der Waals surface area contributed by atoms with Gasteiger partial charge in [-0.05, 0) is 41.3 Å². The molecule has 0 aliphatic rings. The number of rotatable bonds is 2. The number of nitrogens with zero attached hydrogens (tertiary/aromatic N) is 1. The van der Waals surface area contributed by atoms with E-state index in [1.54, 1.807) is 18.0 Å². The van der Waals surface area contributed by atoms with Crippen LogP contribution in [0.25, 0.3) is 21.5 Å². The Hall–Kier alpha value is -3.33. The fourth-order valence-electron chi connectivity index (χ4n) is 3.29. The molecule has 0 unspecified atom stereocenters. The number of aromatic hydroxyl groups is 1. The van der Waals surface area contributed by atoms with Crippen molar-refractivity contribution in [2.75, 3.05) is 11.9 Å². The van der Waals surface area contributed by atoms with Crippen molar-refractivity contribution >= 4 is 33.1 Å². The van der Waals surface area contributed by atoms with E-state index in [0.717, 1.165) is 21.8 Å². The van der Waals surface area contributed by atoms with Gasteiger partial charge in [0.15, 0.2) is 0 Å². The lowest BCUT2D eigenvalue weighted by atomic mass is 10.0. The van der Waals surface area contributed by atoms with E-state index in [1.807, 2.05) is 48.5 Å². The lowest BCUT2D eigenvalue weighted by Gasteiger charge is -2.19. The molecule has 0 saturated carbocycles. The van der Waals surface area contributed by atoms with E-state index >= 15 is 0 Å². The van der Waals surface area contributed by atoms with Crippen LogP contribution in [0.1, 0.15) is 15.9 Å². The minimum atomic E-state index is -0.236. The normalized spacial score (nSPS) is 11.0. The number of anilines is 1. The van der Waals surface area contributed by atoms with Crippen LogP contribution in [0.3, 0.4) is 0 Å². The van der Waals surface area contributed by atoms with Crippen LogP contribution in [0, 0.1) is 6.92 Å². The number of carbonyl (C=O) groups excluding carboxylic acids is 1. The summed E-state index contributed by atoms with van der Waals surface area (Å²) >= 11 is 0.